The van der Waals surface area contributed by atoms with Crippen molar-refractivity contribution in [1.82, 2.24) is 19.3 Å². The van der Waals surface area contributed by atoms with E-state index in [2.05, 4.69) is 14.9 Å². The third-order valence-corrected chi connectivity index (χ3v) is 6.57. The average molecular weight is 431 g/mol. The van der Waals surface area contributed by atoms with Gasteiger partial charge in [0.05, 0.1) is 11.1 Å². The van der Waals surface area contributed by atoms with E-state index in [0.29, 0.717) is 22.9 Å². The topological polar surface area (TPSA) is 76.4 Å². The first-order valence-electron chi connectivity index (χ1n) is 7.68. The van der Waals surface area contributed by atoms with Crippen LogP contribution in [0, 0.1) is 0 Å². The molecular formula is C16H16Cl2N4O2S2. The lowest BCUT2D eigenvalue weighted by Gasteiger charge is -2.18. The van der Waals surface area contributed by atoms with Crippen LogP contribution in [-0.4, -0.2) is 35.0 Å². The summed E-state index contributed by atoms with van der Waals surface area (Å²) in [6.45, 7) is 0. The predicted molar refractivity (Wildman–Crippen MR) is 106 cm³/mol. The van der Waals surface area contributed by atoms with Crippen molar-refractivity contribution in [2.45, 2.75) is 17.4 Å². The van der Waals surface area contributed by atoms with E-state index in [1.807, 2.05) is 24.5 Å². The van der Waals surface area contributed by atoms with Crippen LogP contribution in [0.15, 0.2) is 47.5 Å². The highest BCUT2D eigenvalue weighted by Gasteiger charge is 2.26. The Bertz CT molecular complexity index is 1020. The zero-order valence-corrected chi connectivity index (χ0v) is 16.9. The minimum absolute atomic E-state index is 0.0605. The lowest BCUT2D eigenvalue weighted by molar-refractivity contribution is 0.536. The molecule has 1 N–H and O–H groups in total. The van der Waals surface area contributed by atoms with Crippen LogP contribution in [-0.2, 0) is 10.0 Å². The highest BCUT2D eigenvalue weighted by molar-refractivity contribution is 7.98. The minimum atomic E-state index is -3.89. The second kappa shape index (κ2) is 8.14. The van der Waals surface area contributed by atoms with Gasteiger partial charge in [0.2, 0.25) is 10.0 Å². The number of hydrogen-bond donors (Lipinski definition) is 1. The predicted octanol–water partition coefficient (Wildman–Crippen LogP) is 3.81. The number of aromatic nitrogens is 3. The quantitative estimate of drug-likeness (QED) is 0.616. The van der Waals surface area contributed by atoms with E-state index in [9.17, 15) is 8.42 Å². The van der Waals surface area contributed by atoms with Crippen molar-refractivity contribution in [3.8, 4) is 0 Å². The lowest BCUT2D eigenvalue weighted by Crippen LogP contribution is -2.30. The first-order chi connectivity index (χ1) is 12.4. The molecule has 0 radical (unpaired) electrons. The van der Waals surface area contributed by atoms with Gasteiger partial charge in [-0.15, -0.1) is 10.2 Å². The Morgan fingerprint density at radius 2 is 2.04 bits per heavy atom. The normalized spacial score (nSPS) is 13.2. The summed E-state index contributed by atoms with van der Waals surface area (Å²) in [5, 5.41) is 8.69. The van der Waals surface area contributed by atoms with Crippen LogP contribution >= 0.6 is 35.0 Å². The molecule has 3 rings (SSSR count). The molecule has 2 heterocycles. The molecule has 26 heavy (non-hydrogen) atoms. The number of rotatable bonds is 7. The SMILES string of the molecule is CSCCC(NS(=O)(=O)c1cc(Cl)ccc1Cl)c1nnc2ccccn12. The van der Waals surface area contributed by atoms with Gasteiger partial charge in [0, 0.05) is 11.2 Å². The van der Waals surface area contributed by atoms with E-state index < -0.39 is 16.1 Å². The smallest absolute Gasteiger partial charge is 0.242 e. The first-order valence-corrected chi connectivity index (χ1v) is 11.3. The highest BCUT2D eigenvalue weighted by Crippen LogP contribution is 2.27. The molecule has 0 aliphatic carbocycles. The maximum Gasteiger partial charge on any atom is 0.242 e. The molecule has 2 aromatic heterocycles. The Hall–Kier alpha value is -1.32. The van der Waals surface area contributed by atoms with Crippen molar-refractivity contribution >= 4 is 50.6 Å². The summed E-state index contributed by atoms with van der Waals surface area (Å²) in [7, 11) is -3.89. The number of benzene rings is 1. The monoisotopic (exact) mass is 430 g/mol. The van der Waals surface area contributed by atoms with Crippen LogP contribution in [0.2, 0.25) is 10.0 Å². The molecule has 0 saturated heterocycles. The van der Waals surface area contributed by atoms with Crippen molar-refractivity contribution in [3.63, 3.8) is 0 Å². The Labute approximate surface area is 166 Å². The van der Waals surface area contributed by atoms with Crippen LogP contribution in [0.3, 0.4) is 0 Å². The zero-order valence-electron chi connectivity index (χ0n) is 13.8. The van der Waals surface area contributed by atoms with Gasteiger partial charge in [-0.25, -0.2) is 13.1 Å². The van der Waals surface area contributed by atoms with E-state index in [1.165, 1.54) is 12.1 Å². The fraction of sp³-hybridized carbons (Fsp3) is 0.250. The summed E-state index contributed by atoms with van der Waals surface area (Å²) in [4.78, 5) is -0.0605. The summed E-state index contributed by atoms with van der Waals surface area (Å²) in [6, 6.07) is 9.28. The molecule has 0 fully saturated rings. The molecule has 0 saturated carbocycles. The Morgan fingerprint density at radius 3 is 2.81 bits per heavy atom. The number of halogens is 2. The molecule has 3 aromatic rings. The van der Waals surface area contributed by atoms with Crippen molar-refractivity contribution in [2.75, 3.05) is 12.0 Å². The number of hydrogen-bond acceptors (Lipinski definition) is 5. The molecule has 0 spiro atoms. The van der Waals surface area contributed by atoms with E-state index in [4.69, 9.17) is 23.2 Å². The molecule has 138 valence electrons. The van der Waals surface area contributed by atoms with Crippen LogP contribution in [0.5, 0.6) is 0 Å². The van der Waals surface area contributed by atoms with Gasteiger partial charge in [0.25, 0.3) is 0 Å². The second-order valence-corrected chi connectivity index (χ2v) is 9.03. The highest BCUT2D eigenvalue weighted by atomic mass is 35.5. The molecule has 0 aliphatic heterocycles. The molecule has 0 amide bonds. The third-order valence-electron chi connectivity index (χ3n) is 3.74. The van der Waals surface area contributed by atoms with Crippen LogP contribution in [0.25, 0.3) is 5.65 Å². The summed E-state index contributed by atoms with van der Waals surface area (Å²) < 4.78 is 30.3. The molecular weight excluding hydrogens is 415 g/mol. The molecule has 1 atom stereocenters. The summed E-state index contributed by atoms with van der Waals surface area (Å²) in [6.07, 6.45) is 4.31. The zero-order chi connectivity index (χ0) is 18.7. The fourth-order valence-electron chi connectivity index (χ4n) is 2.51. The van der Waals surface area contributed by atoms with Crippen molar-refractivity contribution in [1.29, 1.82) is 0 Å². The number of nitrogens with one attached hydrogen (secondary N) is 1. The summed E-state index contributed by atoms with van der Waals surface area (Å²) in [5.74, 6) is 1.27. The summed E-state index contributed by atoms with van der Waals surface area (Å²) in [5.41, 5.74) is 0.650. The van der Waals surface area contributed by atoms with Crippen molar-refractivity contribution in [2.24, 2.45) is 0 Å². The number of thioether (sulfide) groups is 1. The Kier molecular flexibility index (Phi) is 6.09. The first kappa shape index (κ1) is 19.4. The maximum atomic E-state index is 12.9. The average Bonchev–Trinajstić information content (AvgIpc) is 3.04. The van der Waals surface area contributed by atoms with Crippen molar-refractivity contribution in [3.05, 3.63) is 58.5 Å². The fourth-order valence-corrected chi connectivity index (χ4v) is 4.97. The van der Waals surface area contributed by atoms with Crippen LogP contribution < -0.4 is 4.72 Å². The number of nitrogens with zero attached hydrogens (tertiary/aromatic N) is 3. The Balaban J connectivity index is 1.99. The van der Waals surface area contributed by atoms with Crippen LogP contribution in [0.1, 0.15) is 18.3 Å². The minimum Gasteiger partial charge on any atom is -0.285 e. The van der Waals surface area contributed by atoms with Gasteiger partial charge in [-0.1, -0.05) is 29.3 Å². The lowest BCUT2D eigenvalue weighted by atomic mass is 10.2. The van der Waals surface area contributed by atoms with Crippen molar-refractivity contribution < 1.29 is 8.42 Å². The van der Waals surface area contributed by atoms with Gasteiger partial charge >= 0.3 is 0 Å². The summed E-state index contributed by atoms with van der Waals surface area (Å²) >= 11 is 13.6. The second-order valence-electron chi connectivity index (χ2n) is 5.52. The van der Waals surface area contributed by atoms with E-state index in [0.717, 1.165) is 5.75 Å². The van der Waals surface area contributed by atoms with E-state index in [1.54, 1.807) is 28.4 Å². The molecule has 10 heteroatoms. The Morgan fingerprint density at radius 1 is 1.23 bits per heavy atom. The molecule has 0 aliphatic rings. The molecule has 1 unspecified atom stereocenters. The largest absolute Gasteiger partial charge is 0.285 e. The van der Waals surface area contributed by atoms with Gasteiger partial charge in [-0.2, -0.15) is 11.8 Å². The standard InChI is InChI=1S/C16H16Cl2N4O2S2/c1-25-9-7-13(16-20-19-15-4-2-3-8-22(15)16)21-26(23,24)14-10-11(17)5-6-12(14)18/h2-6,8,10,13,21H,7,9H2,1H3. The van der Waals surface area contributed by atoms with Gasteiger partial charge in [-0.3, -0.25) is 4.40 Å². The van der Waals surface area contributed by atoms with E-state index >= 15 is 0 Å². The van der Waals surface area contributed by atoms with E-state index in [-0.39, 0.29) is 9.92 Å². The molecule has 0 bridgehead atoms. The molecule has 6 nitrogen and oxygen atoms in total. The van der Waals surface area contributed by atoms with Gasteiger partial charge in [0.15, 0.2) is 11.5 Å². The third kappa shape index (κ3) is 4.15. The maximum absolute atomic E-state index is 12.9. The molecule has 1 aromatic carbocycles. The number of fused-ring (bicyclic) bond motifs is 1. The van der Waals surface area contributed by atoms with Gasteiger partial charge < -0.3 is 0 Å². The number of sulfonamides is 1. The van der Waals surface area contributed by atoms with Gasteiger partial charge in [0.1, 0.15) is 4.90 Å². The van der Waals surface area contributed by atoms with Crippen LogP contribution in [0.4, 0.5) is 0 Å². The number of pyridine rings is 1. The van der Waals surface area contributed by atoms with Gasteiger partial charge in [-0.05, 0) is 48.8 Å².